The van der Waals surface area contributed by atoms with Crippen molar-refractivity contribution in [1.82, 2.24) is 15.2 Å². The second-order valence-electron chi connectivity index (χ2n) is 10.5. The summed E-state index contributed by atoms with van der Waals surface area (Å²) in [5.41, 5.74) is -1.89. The van der Waals surface area contributed by atoms with Crippen molar-refractivity contribution in [2.45, 2.75) is 65.3 Å². The minimum atomic E-state index is -4.74. The van der Waals surface area contributed by atoms with Gasteiger partial charge in [0.05, 0.1) is 11.7 Å². The van der Waals surface area contributed by atoms with E-state index in [2.05, 4.69) is 10.6 Å². The Morgan fingerprint density at radius 2 is 1.74 bits per heavy atom. The maximum absolute atomic E-state index is 14.3. The van der Waals surface area contributed by atoms with E-state index in [9.17, 15) is 36.3 Å². The molecular formula is C26H31F5N4O3. The highest BCUT2D eigenvalue weighted by Gasteiger charge is 2.40. The molecule has 0 unspecified atom stereocenters. The summed E-state index contributed by atoms with van der Waals surface area (Å²) in [4.78, 5) is 40.7. The van der Waals surface area contributed by atoms with Crippen LogP contribution in [0, 0.1) is 17.0 Å². The number of anilines is 1. The first-order chi connectivity index (χ1) is 17.5. The first-order valence-electron chi connectivity index (χ1n) is 12.1. The van der Waals surface area contributed by atoms with Crippen LogP contribution in [-0.2, 0) is 29.0 Å². The Bertz CT molecular complexity index is 1280. The van der Waals surface area contributed by atoms with E-state index < -0.39 is 65.6 Å². The standard InChI is InChI=1S/C26H31F5N4O3/c1-14(32-5)22(36)33-21(25(2,3)4)24(38)34-9-8-19-20(34)11-16(23(37)35(19)13-26(29,30)31)10-15-6-7-17(27)12-18(15)28/h6-7,11-12,14,21,32H,8-10,13H2,1-5H3,(H,33,36)/t14-,21+/m0/s1. The number of nitrogens with zero attached hydrogens (tertiary/aromatic N) is 2. The Morgan fingerprint density at radius 1 is 1.08 bits per heavy atom. The smallest absolute Gasteiger partial charge is 0.342 e. The number of pyridine rings is 1. The lowest BCUT2D eigenvalue weighted by Gasteiger charge is -2.34. The number of rotatable bonds is 7. The third-order valence-corrected chi connectivity index (χ3v) is 6.54. The van der Waals surface area contributed by atoms with Gasteiger partial charge in [-0.1, -0.05) is 26.8 Å². The molecule has 2 amide bonds. The molecule has 38 heavy (non-hydrogen) atoms. The number of aromatic nitrogens is 1. The van der Waals surface area contributed by atoms with Crippen LogP contribution in [0.1, 0.15) is 44.5 Å². The summed E-state index contributed by atoms with van der Waals surface area (Å²) < 4.78 is 68.6. The summed E-state index contributed by atoms with van der Waals surface area (Å²) in [6.07, 6.45) is -5.16. The number of benzene rings is 1. The summed E-state index contributed by atoms with van der Waals surface area (Å²) in [6.45, 7) is 5.23. The molecule has 2 aromatic rings. The van der Waals surface area contributed by atoms with Crippen molar-refractivity contribution in [3.8, 4) is 0 Å². The average Bonchev–Trinajstić information content (AvgIpc) is 3.22. The third kappa shape index (κ3) is 6.40. The predicted octanol–water partition coefficient (Wildman–Crippen LogP) is 3.31. The number of alkyl halides is 3. The molecule has 2 N–H and O–H groups in total. The average molecular weight is 543 g/mol. The number of likely N-dealkylation sites (N-methyl/N-ethyl adjacent to an activating group) is 1. The van der Waals surface area contributed by atoms with E-state index in [4.69, 9.17) is 0 Å². The van der Waals surface area contributed by atoms with Gasteiger partial charge in [0.15, 0.2) is 0 Å². The molecule has 1 aromatic carbocycles. The molecule has 1 aliphatic rings. The monoisotopic (exact) mass is 542 g/mol. The van der Waals surface area contributed by atoms with Crippen molar-refractivity contribution in [3.05, 3.63) is 63.1 Å². The third-order valence-electron chi connectivity index (χ3n) is 6.54. The second kappa shape index (κ2) is 10.8. The Kier molecular flexibility index (Phi) is 8.35. The van der Waals surface area contributed by atoms with Crippen molar-refractivity contribution < 1.29 is 31.5 Å². The molecule has 3 rings (SSSR count). The first kappa shape index (κ1) is 29.3. The fraction of sp³-hybridized carbons (Fsp3) is 0.500. The van der Waals surface area contributed by atoms with Crippen LogP contribution < -0.4 is 21.1 Å². The molecule has 0 saturated heterocycles. The minimum Gasteiger partial charge on any atom is -0.342 e. The molecule has 7 nitrogen and oxygen atoms in total. The molecule has 208 valence electrons. The van der Waals surface area contributed by atoms with Gasteiger partial charge in [0.2, 0.25) is 11.8 Å². The highest BCUT2D eigenvalue weighted by molar-refractivity contribution is 6.01. The van der Waals surface area contributed by atoms with E-state index in [1.54, 1.807) is 34.7 Å². The first-order valence-corrected chi connectivity index (χ1v) is 12.1. The highest BCUT2D eigenvalue weighted by Crippen LogP contribution is 2.33. The van der Waals surface area contributed by atoms with Crippen LogP contribution >= 0.6 is 0 Å². The number of carbonyl (C=O) groups excluding carboxylic acids is 2. The van der Waals surface area contributed by atoms with E-state index >= 15 is 0 Å². The SMILES string of the molecule is CN[C@@H](C)C(=O)N[C@H](C(=O)N1CCc2c1cc(Cc1ccc(F)cc1F)c(=O)n2CC(F)(F)F)C(C)(C)C. The lowest BCUT2D eigenvalue weighted by atomic mass is 9.85. The number of carbonyl (C=O) groups is 2. The number of nitrogens with one attached hydrogen (secondary N) is 2. The van der Waals surface area contributed by atoms with Gasteiger partial charge >= 0.3 is 6.18 Å². The molecule has 2 atom stereocenters. The van der Waals surface area contributed by atoms with Crippen molar-refractivity contribution in [2.24, 2.45) is 5.41 Å². The van der Waals surface area contributed by atoms with Gasteiger partial charge in [-0.05, 0) is 37.1 Å². The van der Waals surface area contributed by atoms with E-state index in [0.29, 0.717) is 10.6 Å². The lowest BCUT2D eigenvalue weighted by molar-refractivity contribution is -0.141. The highest BCUT2D eigenvalue weighted by atomic mass is 19.4. The number of halogens is 5. The Balaban J connectivity index is 2.10. The van der Waals surface area contributed by atoms with Gasteiger partial charge in [-0.25, -0.2) is 8.78 Å². The van der Waals surface area contributed by atoms with Crippen LogP contribution in [0.5, 0.6) is 0 Å². The molecular weight excluding hydrogens is 511 g/mol. The Hall–Kier alpha value is -3.28. The van der Waals surface area contributed by atoms with Gasteiger partial charge in [0.1, 0.15) is 24.2 Å². The molecule has 0 saturated carbocycles. The van der Waals surface area contributed by atoms with Gasteiger partial charge in [-0.2, -0.15) is 13.2 Å². The van der Waals surface area contributed by atoms with Crippen molar-refractivity contribution in [3.63, 3.8) is 0 Å². The van der Waals surface area contributed by atoms with Crippen LogP contribution in [0.2, 0.25) is 0 Å². The van der Waals surface area contributed by atoms with Crippen molar-refractivity contribution >= 4 is 17.5 Å². The molecule has 0 spiro atoms. The lowest BCUT2D eigenvalue weighted by Crippen LogP contribution is -2.57. The fourth-order valence-electron chi connectivity index (χ4n) is 4.35. The van der Waals surface area contributed by atoms with Crippen LogP contribution in [0.15, 0.2) is 29.1 Å². The zero-order valence-corrected chi connectivity index (χ0v) is 21.8. The van der Waals surface area contributed by atoms with Crippen LogP contribution in [0.3, 0.4) is 0 Å². The number of amides is 2. The van der Waals surface area contributed by atoms with E-state index in [-0.39, 0.29) is 35.5 Å². The number of hydrogen-bond donors (Lipinski definition) is 2. The largest absolute Gasteiger partial charge is 0.406 e. The van der Waals surface area contributed by atoms with Gasteiger partial charge in [-0.15, -0.1) is 0 Å². The van der Waals surface area contributed by atoms with Crippen LogP contribution in [-0.4, -0.2) is 48.2 Å². The summed E-state index contributed by atoms with van der Waals surface area (Å²) in [5, 5.41) is 5.50. The maximum Gasteiger partial charge on any atom is 0.406 e. The zero-order valence-electron chi connectivity index (χ0n) is 21.8. The minimum absolute atomic E-state index is 0.0101. The maximum atomic E-state index is 14.3. The molecule has 0 radical (unpaired) electrons. The molecule has 1 aromatic heterocycles. The zero-order chi connectivity index (χ0) is 28.6. The van der Waals surface area contributed by atoms with Crippen molar-refractivity contribution in [2.75, 3.05) is 18.5 Å². The predicted molar refractivity (Wildman–Crippen MR) is 132 cm³/mol. The Morgan fingerprint density at radius 3 is 2.29 bits per heavy atom. The summed E-state index contributed by atoms with van der Waals surface area (Å²) >= 11 is 0. The number of hydrogen-bond acceptors (Lipinski definition) is 4. The molecule has 0 aliphatic carbocycles. The molecule has 0 fully saturated rings. The molecule has 2 heterocycles. The van der Waals surface area contributed by atoms with Crippen LogP contribution in [0.25, 0.3) is 0 Å². The van der Waals surface area contributed by atoms with Crippen molar-refractivity contribution in [1.29, 1.82) is 0 Å². The normalized spacial score (nSPS) is 15.3. The molecule has 1 aliphatic heterocycles. The summed E-state index contributed by atoms with van der Waals surface area (Å²) in [5.74, 6) is -2.78. The topological polar surface area (TPSA) is 83.4 Å². The van der Waals surface area contributed by atoms with E-state index in [1.807, 2.05) is 0 Å². The van der Waals surface area contributed by atoms with E-state index in [0.717, 1.165) is 12.1 Å². The number of fused-ring (bicyclic) bond motifs is 1. The molecule has 12 heteroatoms. The molecule has 0 bridgehead atoms. The second-order valence-corrected chi connectivity index (χ2v) is 10.5. The summed E-state index contributed by atoms with van der Waals surface area (Å²) in [7, 11) is 1.58. The fourth-order valence-corrected chi connectivity index (χ4v) is 4.35. The quantitative estimate of drug-likeness (QED) is 0.526. The van der Waals surface area contributed by atoms with E-state index in [1.165, 1.54) is 11.0 Å². The van der Waals surface area contributed by atoms with Gasteiger partial charge in [0.25, 0.3) is 5.56 Å². The Labute approximate surface area is 217 Å². The van der Waals surface area contributed by atoms with Gasteiger partial charge in [0, 0.05) is 36.7 Å². The van der Waals surface area contributed by atoms with Gasteiger partial charge in [-0.3, -0.25) is 14.4 Å². The van der Waals surface area contributed by atoms with Gasteiger partial charge < -0.3 is 20.1 Å². The summed E-state index contributed by atoms with van der Waals surface area (Å²) in [6, 6.07) is 2.37. The van der Waals surface area contributed by atoms with Crippen LogP contribution in [0.4, 0.5) is 27.6 Å².